The molecule has 2 rings (SSSR count). The van der Waals surface area contributed by atoms with Gasteiger partial charge in [0.1, 0.15) is 0 Å². The Hall–Kier alpha value is -1.93. The van der Waals surface area contributed by atoms with Crippen LogP contribution in [-0.2, 0) is 19.6 Å². The highest BCUT2D eigenvalue weighted by Crippen LogP contribution is 2.20. The lowest BCUT2D eigenvalue weighted by molar-refractivity contribution is -0.128. The van der Waals surface area contributed by atoms with Crippen molar-refractivity contribution in [3.8, 4) is 0 Å². The maximum absolute atomic E-state index is 12.7. The Morgan fingerprint density at radius 2 is 1.65 bits per heavy atom. The third-order valence-electron chi connectivity index (χ3n) is 3.71. The summed E-state index contributed by atoms with van der Waals surface area (Å²) in [4.78, 5) is 24.3. The minimum absolute atomic E-state index is 0.0380. The number of nitrogens with zero attached hydrogens (tertiary/aromatic N) is 2. The van der Waals surface area contributed by atoms with E-state index in [0.717, 1.165) is 0 Å². The van der Waals surface area contributed by atoms with Gasteiger partial charge >= 0.3 is 0 Å². The zero-order valence-corrected chi connectivity index (χ0v) is 14.1. The van der Waals surface area contributed by atoms with Gasteiger partial charge in [0.05, 0.1) is 4.90 Å². The Morgan fingerprint density at radius 1 is 1.00 bits per heavy atom. The number of nitrogens with one attached hydrogen (secondary N) is 1. The monoisotopic (exact) mass is 339 g/mol. The molecule has 0 spiro atoms. The average Bonchev–Trinajstić information content (AvgIpc) is 2.73. The molecule has 7 nitrogen and oxygen atoms in total. The first-order chi connectivity index (χ1) is 10.8. The molecule has 0 aromatic heterocycles. The molecule has 1 fully saturated rings. The van der Waals surface area contributed by atoms with Crippen molar-refractivity contribution >= 4 is 27.5 Å². The largest absolute Gasteiger partial charge is 0.342 e. The molecule has 0 saturated carbocycles. The van der Waals surface area contributed by atoms with E-state index in [9.17, 15) is 18.0 Å². The van der Waals surface area contributed by atoms with Gasteiger partial charge in [-0.25, -0.2) is 8.42 Å². The summed E-state index contributed by atoms with van der Waals surface area (Å²) in [7, 11) is -3.60. The molecule has 1 aliphatic rings. The van der Waals surface area contributed by atoms with E-state index in [1.54, 1.807) is 17.0 Å². The van der Waals surface area contributed by atoms with Crippen molar-refractivity contribution < 1.29 is 18.0 Å². The van der Waals surface area contributed by atoms with E-state index in [2.05, 4.69) is 5.32 Å². The lowest BCUT2D eigenvalue weighted by atomic mass is 10.3. The Kier molecular flexibility index (Phi) is 5.38. The zero-order valence-electron chi connectivity index (χ0n) is 13.3. The van der Waals surface area contributed by atoms with Crippen molar-refractivity contribution in [1.82, 2.24) is 9.21 Å². The molecule has 1 saturated heterocycles. The maximum atomic E-state index is 12.7. The lowest BCUT2D eigenvalue weighted by Gasteiger charge is -2.21. The van der Waals surface area contributed by atoms with E-state index < -0.39 is 10.0 Å². The lowest BCUT2D eigenvalue weighted by Crippen LogP contribution is -2.36. The molecule has 23 heavy (non-hydrogen) atoms. The number of rotatable bonds is 3. The summed E-state index contributed by atoms with van der Waals surface area (Å²) in [5.74, 6) is -0.249. The molecular weight excluding hydrogens is 318 g/mol. The molecule has 1 heterocycles. The van der Waals surface area contributed by atoms with Gasteiger partial charge in [0.25, 0.3) is 0 Å². The predicted octanol–water partition coefficient (Wildman–Crippen LogP) is 0.888. The minimum Gasteiger partial charge on any atom is -0.342 e. The standard InChI is InChI=1S/C15H21N3O4S/c1-12(19)16-14-4-6-15(7-5-14)23(21,22)18-9-3-8-17(10-11-18)13(2)20/h4-7H,3,8-11H2,1-2H3,(H,16,19). The van der Waals surface area contributed by atoms with E-state index >= 15 is 0 Å². The summed E-state index contributed by atoms with van der Waals surface area (Å²) in [6.45, 7) is 4.53. The number of carbonyl (C=O) groups is 2. The van der Waals surface area contributed by atoms with Gasteiger partial charge in [-0.15, -0.1) is 0 Å². The molecule has 1 aromatic rings. The van der Waals surface area contributed by atoms with Crippen LogP contribution in [0.5, 0.6) is 0 Å². The van der Waals surface area contributed by atoms with Crippen molar-refractivity contribution in [2.24, 2.45) is 0 Å². The van der Waals surface area contributed by atoms with Gasteiger partial charge in [-0.1, -0.05) is 0 Å². The number of hydrogen-bond donors (Lipinski definition) is 1. The quantitative estimate of drug-likeness (QED) is 0.886. The Bertz CT molecular complexity index is 685. The minimum atomic E-state index is -3.60. The van der Waals surface area contributed by atoms with Crippen LogP contribution in [0, 0.1) is 0 Å². The number of benzene rings is 1. The van der Waals surface area contributed by atoms with Crippen LogP contribution in [0.4, 0.5) is 5.69 Å². The van der Waals surface area contributed by atoms with E-state index in [1.807, 2.05) is 0 Å². The molecule has 1 N–H and O–H groups in total. The van der Waals surface area contributed by atoms with Gasteiger partial charge in [0.2, 0.25) is 21.8 Å². The number of amides is 2. The summed E-state index contributed by atoms with van der Waals surface area (Å²) >= 11 is 0. The van der Waals surface area contributed by atoms with E-state index in [0.29, 0.717) is 31.7 Å². The predicted molar refractivity (Wildman–Crippen MR) is 86.4 cm³/mol. The van der Waals surface area contributed by atoms with Crippen LogP contribution in [0.2, 0.25) is 0 Å². The Labute approximate surface area is 136 Å². The molecule has 1 aliphatic heterocycles. The average molecular weight is 339 g/mol. The van der Waals surface area contributed by atoms with E-state index in [-0.39, 0.29) is 23.3 Å². The third-order valence-corrected chi connectivity index (χ3v) is 5.63. The molecular formula is C15H21N3O4S. The van der Waals surface area contributed by atoms with E-state index in [1.165, 1.54) is 30.3 Å². The smallest absolute Gasteiger partial charge is 0.243 e. The first-order valence-electron chi connectivity index (χ1n) is 7.44. The third kappa shape index (κ3) is 4.29. The number of carbonyl (C=O) groups excluding carboxylic acids is 2. The van der Waals surface area contributed by atoms with Crippen LogP contribution >= 0.6 is 0 Å². The zero-order chi connectivity index (χ0) is 17.0. The summed E-state index contributed by atoms with van der Waals surface area (Å²) in [5, 5.41) is 2.60. The van der Waals surface area contributed by atoms with Crippen LogP contribution in [0.3, 0.4) is 0 Å². The molecule has 0 radical (unpaired) electrons. The molecule has 0 bridgehead atoms. The number of hydrogen-bond acceptors (Lipinski definition) is 4. The van der Waals surface area contributed by atoms with Crippen molar-refractivity contribution in [3.63, 3.8) is 0 Å². The van der Waals surface area contributed by atoms with Crippen LogP contribution in [-0.4, -0.2) is 55.6 Å². The van der Waals surface area contributed by atoms with Gasteiger partial charge in [-0.2, -0.15) is 4.31 Å². The summed E-state index contributed by atoms with van der Waals surface area (Å²) < 4.78 is 26.8. The Balaban J connectivity index is 2.14. The topological polar surface area (TPSA) is 86.8 Å². The fraction of sp³-hybridized carbons (Fsp3) is 0.467. The van der Waals surface area contributed by atoms with Crippen molar-refractivity contribution in [2.45, 2.75) is 25.2 Å². The molecule has 126 valence electrons. The van der Waals surface area contributed by atoms with Crippen LogP contribution < -0.4 is 5.32 Å². The first kappa shape index (κ1) is 17.4. The van der Waals surface area contributed by atoms with Gasteiger partial charge < -0.3 is 10.2 Å². The van der Waals surface area contributed by atoms with E-state index in [4.69, 9.17) is 0 Å². The number of sulfonamides is 1. The SMILES string of the molecule is CC(=O)Nc1ccc(S(=O)(=O)N2CCCN(C(C)=O)CC2)cc1. The number of anilines is 1. The fourth-order valence-electron chi connectivity index (χ4n) is 2.51. The van der Waals surface area contributed by atoms with Gasteiger partial charge in [0.15, 0.2) is 0 Å². The van der Waals surface area contributed by atoms with Crippen molar-refractivity contribution in [2.75, 3.05) is 31.5 Å². The van der Waals surface area contributed by atoms with Crippen molar-refractivity contribution in [3.05, 3.63) is 24.3 Å². The first-order valence-corrected chi connectivity index (χ1v) is 8.88. The van der Waals surface area contributed by atoms with Gasteiger partial charge in [-0.3, -0.25) is 9.59 Å². The van der Waals surface area contributed by atoms with Crippen LogP contribution in [0.1, 0.15) is 20.3 Å². The van der Waals surface area contributed by atoms with Crippen LogP contribution in [0.15, 0.2) is 29.2 Å². The highest BCUT2D eigenvalue weighted by atomic mass is 32.2. The molecule has 2 amide bonds. The molecule has 1 aromatic carbocycles. The normalized spacial score (nSPS) is 16.7. The second kappa shape index (κ2) is 7.10. The van der Waals surface area contributed by atoms with Gasteiger partial charge in [-0.05, 0) is 30.7 Å². The molecule has 0 unspecified atom stereocenters. The second-order valence-electron chi connectivity index (χ2n) is 5.47. The maximum Gasteiger partial charge on any atom is 0.243 e. The summed E-state index contributed by atoms with van der Waals surface area (Å²) in [6.07, 6.45) is 0.614. The highest BCUT2D eigenvalue weighted by Gasteiger charge is 2.27. The van der Waals surface area contributed by atoms with Gasteiger partial charge in [0, 0.05) is 45.7 Å². The second-order valence-corrected chi connectivity index (χ2v) is 7.41. The van der Waals surface area contributed by atoms with Crippen molar-refractivity contribution in [1.29, 1.82) is 0 Å². The fourth-order valence-corrected chi connectivity index (χ4v) is 3.98. The Morgan fingerprint density at radius 3 is 2.22 bits per heavy atom. The molecule has 8 heteroatoms. The molecule has 0 atom stereocenters. The highest BCUT2D eigenvalue weighted by molar-refractivity contribution is 7.89. The van der Waals surface area contributed by atoms with Crippen LogP contribution in [0.25, 0.3) is 0 Å². The molecule has 0 aliphatic carbocycles. The summed E-state index contributed by atoms with van der Waals surface area (Å²) in [5.41, 5.74) is 0.551. The summed E-state index contributed by atoms with van der Waals surface area (Å²) in [6, 6.07) is 6.09.